The fourth-order valence-electron chi connectivity index (χ4n) is 1.62. The lowest BCUT2D eigenvalue weighted by molar-refractivity contribution is -0.176. The van der Waals surface area contributed by atoms with Gasteiger partial charge in [0, 0.05) is 6.42 Å². The van der Waals surface area contributed by atoms with Crippen LogP contribution >= 0.6 is 0 Å². The Labute approximate surface area is 108 Å². The van der Waals surface area contributed by atoms with Gasteiger partial charge in [-0.15, -0.1) is 0 Å². The van der Waals surface area contributed by atoms with E-state index in [0.717, 1.165) is 0 Å². The third-order valence-corrected chi connectivity index (χ3v) is 2.79. The number of rotatable bonds is 10. The predicted molar refractivity (Wildman–Crippen MR) is 60.7 cm³/mol. The van der Waals surface area contributed by atoms with Crippen molar-refractivity contribution in [1.29, 1.82) is 0 Å². The van der Waals surface area contributed by atoms with Gasteiger partial charge in [0.15, 0.2) is 0 Å². The number of aliphatic carboxylic acids is 4. The van der Waals surface area contributed by atoms with E-state index in [2.05, 4.69) is 0 Å². The van der Waals surface area contributed by atoms with Gasteiger partial charge in [-0.3, -0.25) is 19.2 Å². The largest absolute Gasteiger partial charge is 0.481 e. The molecule has 0 radical (unpaired) electrons. The van der Waals surface area contributed by atoms with Crippen LogP contribution in [0.5, 0.6) is 0 Å². The topological polar surface area (TPSA) is 149 Å². The second kappa shape index (κ2) is 7.34. The monoisotopic (exact) mass is 276 g/mol. The normalized spacial score (nSPS) is 10.9. The molecule has 0 atom stereocenters. The van der Waals surface area contributed by atoms with Gasteiger partial charge in [-0.25, -0.2) is 0 Å². The molecule has 0 aliphatic carbocycles. The van der Waals surface area contributed by atoms with Crippen molar-refractivity contribution in [3.63, 3.8) is 0 Å². The summed E-state index contributed by atoms with van der Waals surface area (Å²) in [7, 11) is 0. The molecule has 0 fully saturated rings. The molecule has 0 unspecified atom stereocenters. The number of hydrogen-bond acceptors (Lipinski definition) is 4. The Morgan fingerprint density at radius 3 is 1.47 bits per heavy atom. The molecule has 0 bridgehead atoms. The predicted octanol–water partition coefficient (Wildman–Crippen LogP) is 0.652. The number of carboxylic acids is 4. The fraction of sp³-hybridized carbons (Fsp3) is 0.636. The van der Waals surface area contributed by atoms with Gasteiger partial charge in [-0.1, -0.05) is 19.3 Å². The first-order valence-electron chi connectivity index (χ1n) is 5.67. The van der Waals surface area contributed by atoms with E-state index in [1.54, 1.807) is 0 Å². The van der Waals surface area contributed by atoms with Crippen LogP contribution in [0.2, 0.25) is 0 Å². The standard InChI is InChI=1S/C11H16O8/c12-7(13)5-3-1-2-4-6-11(8(14)15,9(16)17)10(18)19/h1-6H2,(H,12,13)(H,14,15)(H,16,17)(H,18,19). The molecular formula is C11H16O8. The Morgan fingerprint density at radius 2 is 1.11 bits per heavy atom. The van der Waals surface area contributed by atoms with E-state index in [1.807, 2.05) is 0 Å². The van der Waals surface area contributed by atoms with Crippen molar-refractivity contribution in [2.75, 3.05) is 0 Å². The quantitative estimate of drug-likeness (QED) is 0.335. The Kier molecular flexibility index (Phi) is 6.53. The van der Waals surface area contributed by atoms with Crippen LogP contribution < -0.4 is 0 Å². The molecule has 0 rings (SSSR count). The molecule has 0 aromatic heterocycles. The summed E-state index contributed by atoms with van der Waals surface area (Å²) in [5.74, 6) is -6.66. The summed E-state index contributed by atoms with van der Waals surface area (Å²) in [6.07, 6.45) is 0.770. The van der Waals surface area contributed by atoms with Gasteiger partial charge in [0.2, 0.25) is 0 Å². The number of carbonyl (C=O) groups is 4. The molecule has 0 aromatic carbocycles. The van der Waals surface area contributed by atoms with E-state index < -0.39 is 35.7 Å². The molecule has 8 heteroatoms. The van der Waals surface area contributed by atoms with Crippen molar-refractivity contribution in [3.05, 3.63) is 0 Å². The van der Waals surface area contributed by atoms with Crippen LogP contribution in [0.4, 0.5) is 0 Å². The van der Waals surface area contributed by atoms with Gasteiger partial charge in [0.1, 0.15) is 0 Å². The van der Waals surface area contributed by atoms with E-state index in [4.69, 9.17) is 20.4 Å². The maximum atomic E-state index is 10.9. The first-order valence-corrected chi connectivity index (χ1v) is 5.67. The van der Waals surface area contributed by atoms with Crippen LogP contribution in [-0.2, 0) is 19.2 Å². The van der Waals surface area contributed by atoms with E-state index >= 15 is 0 Å². The Bertz CT molecular complexity index is 337. The minimum Gasteiger partial charge on any atom is -0.481 e. The second-order valence-corrected chi connectivity index (χ2v) is 4.13. The molecule has 19 heavy (non-hydrogen) atoms. The SMILES string of the molecule is O=C(O)CCCCCCC(C(=O)O)(C(=O)O)C(=O)O. The summed E-state index contributed by atoms with van der Waals surface area (Å²) < 4.78 is 0. The van der Waals surface area contributed by atoms with Gasteiger partial charge >= 0.3 is 23.9 Å². The van der Waals surface area contributed by atoms with Gasteiger partial charge in [-0.2, -0.15) is 0 Å². The van der Waals surface area contributed by atoms with Crippen molar-refractivity contribution < 1.29 is 39.6 Å². The summed E-state index contributed by atoms with van der Waals surface area (Å²) in [5, 5.41) is 34.8. The zero-order chi connectivity index (χ0) is 15.1. The van der Waals surface area contributed by atoms with Gasteiger partial charge in [-0.05, 0) is 12.8 Å². The lowest BCUT2D eigenvalue weighted by atomic mass is 9.82. The van der Waals surface area contributed by atoms with E-state index in [1.165, 1.54) is 0 Å². The van der Waals surface area contributed by atoms with E-state index in [0.29, 0.717) is 19.3 Å². The molecule has 0 amide bonds. The lowest BCUT2D eigenvalue weighted by Gasteiger charge is -2.19. The van der Waals surface area contributed by atoms with Crippen molar-refractivity contribution in [2.45, 2.75) is 38.5 Å². The molecule has 108 valence electrons. The molecule has 0 saturated heterocycles. The number of hydrogen-bond donors (Lipinski definition) is 4. The summed E-state index contributed by atoms with van der Waals surface area (Å²) in [5.41, 5.74) is -2.83. The average molecular weight is 276 g/mol. The molecule has 0 spiro atoms. The van der Waals surface area contributed by atoms with Crippen LogP contribution in [0.3, 0.4) is 0 Å². The average Bonchev–Trinajstić information content (AvgIpc) is 2.26. The van der Waals surface area contributed by atoms with Crippen LogP contribution in [-0.4, -0.2) is 44.3 Å². The molecular weight excluding hydrogens is 260 g/mol. The summed E-state index contributed by atoms with van der Waals surface area (Å²) >= 11 is 0. The van der Waals surface area contributed by atoms with Gasteiger partial charge in [0.05, 0.1) is 0 Å². The van der Waals surface area contributed by atoms with Gasteiger partial charge in [0.25, 0.3) is 5.41 Å². The smallest absolute Gasteiger partial charge is 0.332 e. The highest BCUT2D eigenvalue weighted by Crippen LogP contribution is 2.27. The zero-order valence-corrected chi connectivity index (χ0v) is 10.2. The maximum Gasteiger partial charge on any atom is 0.332 e. The Morgan fingerprint density at radius 1 is 0.684 bits per heavy atom. The molecule has 8 nitrogen and oxygen atoms in total. The molecule has 0 saturated carbocycles. The van der Waals surface area contributed by atoms with Gasteiger partial charge < -0.3 is 20.4 Å². The lowest BCUT2D eigenvalue weighted by Crippen LogP contribution is -2.46. The van der Waals surface area contributed by atoms with Crippen molar-refractivity contribution in [1.82, 2.24) is 0 Å². The fourth-order valence-corrected chi connectivity index (χ4v) is 1.62. The van der Waals surface area contributed by atoms with Crippen LogP contribution in [0.25, 0.3) is 0 Å². The molecule has 0 heterocycles. The van der Waals surface area contributed by atoms with E-state index in [9.17, 15) is 19.2 Å². The van der Waals surface area contributed by atoms with Crippen LogP contribution in [0.1, 0.15) is 38.5 Å². The third-order valence-electron chi connectivity index (χ3n) is 2.79. The number of unbranched alkanes of at least 4 members (excludes halogenated alkanes) is 3. The first-order chi connectivity index (χ1) is 8.75. The Balaban J connectivity index is 4.38. The first kappa shape index (κ1) is 16.9. The molecule has 0 aliphatic rings. The van der Waals surface area contributed by atoms with Crippen molar-refractivity contribution >= 4 is 23.9 Å². The minimum absolute atomic E-state index is 0.0259. The maximum absolute atomic E-state index is 10.9. The summed E-state index contributed by atoms with van der Waals surface area (Å²) in [6, 6.07) is 0. The highest BCUT2D eigenvalue weighted by Gasteiger charge is 2.53. The highest BCUT2D eigenvalue weighted by molar-refractivity contribution is 6.16. The summed E-state index contributed by atoms with van der Waals surface area (Å²) in [6.45, 7) is 0. The minimum atomic E-state index is -2.83. The van der Waals surface area contributed by atoms with Crippen LogP contribution in [0.15, 0.2) is 0 Å². The molecule has 0 aromatic rings. The van der Waals surface area contributed by atoms with Crippen molar-refractivity contribution in [2.24, 2.45) is 5.41 Å². The number of carboxylic acid groups (broad SMARTS) is 4. The zero-order valence-electron chi connectivity index (χ0n) is 10.2. The Hall–Kier alpha value is -2.12. The van der Waals surface area contributed by atoms with Crippen LogP contribution in [0, 0.1) is 5.41 Å². The molecule has 4 N–H and O–H groups in total. The highest BCUT2D eigenvalue weighted by atomic mass is 16.4. The van der Waals surface area contributed by atoms with E-state index in [-0.39, 0.29) is 12.8 Å². The van der Waals surface area contributed by atoms with Crippen molar-refractivity contribution in [3.8, 4) is 0 Å². The second-order valence-electron chi connectivity index (χ2n) is 4.13. The summed E-state index contributed by atoms with van der Waals surface area (Å²) in [4.78, 5) is 42.8. The molecule has 0 aliphatic heterocycles. The third kappa shape index (κ3) is 4.57.